The molecular formula is C20H23NO6. The van der Waals surface area contributed by atoms with E-state index in [0.29, 0.717) is 28.5 Å². The van der Waals surface area contributed by atoms with Crippen molar-refractivity contribution in [1.29, 1.82) is 0 Å². The fraction of sp³-hybridized carbons (Fsp3) is 0.300. The molecule has 7 heteroatoms. The lowest BCUT2D eigenvalue weighted by atomic mass is 10.1. The smallest absolute Gasteiger partial charge is 0.310 e. The van der Waals surface area contributed by atoms with E-state index in [1.165, 1.54) is 21.3 Å². The van der Waals surface area contributed by atoms with E-state index in [4.69, 9.17) is 18.9 Å². The number of ether oxygens (including phenoxy) is 4. The van der Waals surface area contributed by atoms with Crippen molar-refractivity contribution < 1.29 is 28.5 Å². The van der Waals surface area contributed by atoms with E-state index in [1.54, 1.807) is 18.2 Å². The number of hydrogen-bond donors (Lipinski definition) is 1. The van der Waals surface area contributed by atoms with Crippen molar-refractivity contribution >= 4 is 17.6 Å². The number of benzene rings is 2. The molecule has 0 aliphatic carbocycles. The Bertz CT molecular complexity index is 793. The molecule has 2 aromatic rings. The molecule has 0 bridgehead atoms. The largest absolute Gasteiger partial charge is 0.493 e. The van der Waals surface area contributed by atoms with Crippen molar-refractivity contribution in [3.05, 3.63) is 47.5 Å². The predicted octanol–water partition coefficient (Wildman–Crippen LogP) is 2.75. The van der Waals surface area contributed by atoms with Crippen LogP contribution in [0.25, 0.3) is 0 Å². The summed E-state index contributed by atoms with van der Waals surface area (Å²) in [6.07, 6.45) is -0.0334. The van der Waals surface area contributed by atoms with Gasteiger partial charge in [0.2, 0.25) is 5.75 Å². The molecule has 2 rings (SSSR count). The molecule has 0 saturated carbocycles. The van der Waals surface area contributed by atoms with Gasteiger partial charge in [-0.3, -0.25) is 9.59 Å². The van der Waals surface area contributed by atoms with Gasteiger partial charge >= 0.3 is 5.97 Å². The molecule has 0 spiro atoms. The van der Waals surface area contributed by atoms with Gasteiger partial charge in [0.15, 0.2) is 18.1 Å². The summed E-state index contributed by atoms with van der Waals surface area (Å²) in [5.41, 5.74) is 2.23. The van der Waals surface area contributed by atoms with Crippen molar-refractivity contribution in [1.82, 2.24) is 0 Å². The number of carbonyl (C=O) groups excluding carboxylic acids is 2. The molecule has 0 fully saturated rings. The molecule has 0 heterocycles. The van der Waals surface area contributed by atoms with Crippen LogP contribution in [0.4, 0.5) is 5.69 Å². The van der Waals surface area contributed by atoms with Crippen LogP contribution in [-0.4, -0.2) is 39.8 Å². The fourth-order valence-electron chi connectivity index (χ4n) is 2.50. The highest BCUT2D eigenvalue weighted by atomic mass is 16.5. The minimum Gasteiger partial charge on any atom is -0.493 e. The first-order valence-electron chi connectivity index (χ1n) is 8.28. The summed E-state index contributed by atoms with van der Waals surface area (Å²) in [4.78, 5) is 24.0. The molecule has 0 radical (unpaired) electrons. The number of hydrogen-bond acceptors (Lipinski definition) is 6. The summed E-state index contributed by atoms with van der Waals surface area (Å²) < 4.78 is 20.8. The fourth-order valence-corrected chi connectivity index (χ4v) is 2.50. The molecule has 2 aromatic carbocycles. The molecule has 27 heavy (non-hydrogen) atoms. The summed E-state index contributed by atoms with van der Waals surface area (Å²) >= 11 is 0. The number of esters is 1. The summed E-state index contributed by atoms with van der Waals surface area (Å²) in [6.45, 7) is 1.52. The Hall–Kier alpha value is -3.22. The van der Waals surface area contributed by atoms with Gasteiger partial charge in [-0.05, 0) is 36.2 Å². The van der Waals surface area contributed by atoms with Gasteiger partial charge in [0.1, 0.15) is 0 Å². The first-order valence-corrected chi connectivity index (χ1v) is 8.28. The SMILES string of the molecule is COc1cc(CC(=O)OCC(=O)Nc2ccccc2C)cc(OC)c1OC. The topological polar surface area (TPSA) is 83.1 Å². The molecular weight excluding hydrogens is 350 g/mol. The van der Waals surface area contributed by atoms with Crippen LogP contribution in [-0.2, 0) is 20.7 Å². The molecule has 0 unspecified atom stereocenters. The number of anilines is 1. The molecule has 0 atom stereocenters. The summed E-state index contributed by atoms with van der Waals surface area (Å²) in [5, 5.41) is 2.71. The van der Waals surface area contributed by atoms with Crippen molar-refractivity contribution in [2.45, 2.75) is 13.3 Å². The van der Waals surface area contributed by atoms with Gasteiger partial charge in [0, 0.05) is 5.69 Å². The first-order chi connectivity index (χ1) is 13.0. The van der Waals surface area contributed by atoms with Gasteiger partial charge in [-0.15, -0.1) is 0 Å². The number of carbonyl (C=O) groups is 2. The Morgan fingerprint density at radius 3 is 2.15 bits per heavy atom. The minimum absolute atomic E-state index is 0.0334. The highest BCUT2D eigenvalue weighted by molar-refractivity contribution is 5.93. The third-order valence-corrected chi connectivity index (χ3v) is 3.86. The average molecular weight is 373 g/mol. The summed E-state index contributed by atoms with van der Waals surface area (Å²) in [7, 11) is 4.49. The van der Waals surface area contributed by atoms with Crippen molar-refractivity contribution in [2.24, 2.45) is 0 Å². The number of rotatable bonds is 8. The standard InChI is InChI=1S/C20H23NO6/c1-13-7-5-6-8-15(13)21-18(22)12-27-19(23)11-14-9-16(24-2)20(26-4)17(10-14)25-3/h5-10H,11-12H2,1-4H3,(H,21,22). The maximum Gasteiger partial charge on any atom is 0.310 e. The zero-order chi connectivity index (χ0) is 19.8. The van der Waals surface area contributed by atoms with Gasteiger partial charge in [-0.25, -0.2) is 0 Å². The Labute approximate surface area is 158 Å². The van der Waals surface area contributed by atoms with Crippen LogP contribution < -0.4 is 19.5 Å². The Morgan fingerprint density at radius 1 is 0.963 bits per heavy atom. The summed E-state index contributed by atoms with van der Waals surface area (Å²) in [5.74, 6) is 0.385. The van der Waals surface area contributed by atoms with Crippen LogP contribution >= 0.6 is 0 Å². The first kappa shape index (κ1) is 20.1. The third kappa shape index (κ3) is 5.37. The van der Waals surface area contributed by atoms with E-state index in [-0.39, 0.29) is 13.0 Å². The van der Waals surface area contributed by atoms with E-state index in [1.807, 2.05) is 25.1 Å². The molecule has 0 aliphatic rings. The van der Waals surface area contributed by atoms with Crippen molar-refractivity contribution in [2.75, 3.05) is 33.3 Å². The lowest BCUT2D eigenvalue weighted by Gasteiger charge is -2.14. The number of methoxy groups -OCH3 is 3. The Morgan fingerprint density at radius 2 is 1.59 bits per heavy atom. The van der Waals surface area contributed by atoms with E-state index in [9.17, 15) is 9.59 Å². The molecule has 1 amide bonds. The van der Waals surface area contributed by atoms with Crippen LogP contribution in [0.2, 0.25) is 0 Å². The minimum atomic E-state index is -0.538. The van der Waals surface area contributed by atoms with Gasteiger partial charge < -0.3 is 24.3 Å². The second-order valence-electron chi connectivity index (χ2n) is 5.73. The number of amides is 1. The van der Waals surface area contributed by atoms with E-state index in [2.05, 4.69) is 5.32 Å². The molecule has 0 aliphatic heterocycles. The molecule has 0 aromatic heterocycles. The third-order valence-electron chi connectivity index (χ3n) is 3.86. The maximum atomic E-state index is 12.1. The predicted molar refractivity (Wildman–Crippen MR) is 101 cm³/mol. The lowest BCUT2D eigenvalue weighted by Crippen LogP contribution is -2.22. The van der Waals surface area contributed by atoms with Crippen LogP contribution in [0.1, 0.15) is 11.1 Å². The van der Waals surface area contributed by atoms with Crippen LogP contribution in [0, 0.1) is 6.92 Å². The molecule has 7 nitrogen and oxygen atoms in total. The van der Waals surface area contributed by atoms with E-state index >= 15 is 0 Å². The highest BCUT2D eigenvalue weighted by Crippen LogP contribution is 2.38. The normalized spacial score (nSPS) is 10.1. The van der Waals surface area contributed by atoms with E-state index in [0.717, 1.165) is 5.56 Å². The molecule has 0 saturated heterocycles. The highest BCUT2D eigenvalue weighted by Gasteiger charge is 2.16. The average Bonchev–Trinajstić information content (AvgIpc) is 2.67. The second-order valence-corrected chi connectivity index (χ2v) is 5.73. The molecule has 144 valence electrons. The van der Waals surface area contributed by atoms with Crippen molar-refractivity contribution in [3.63, 3.8) is 0 Å². The number of para-hydroxylation sites is 1. The number of aryl methyl sites for hydroxylation is 1. The van der Waals surface area contributed by atoms with Crippen LogP contribution in [0.3, 0.4) is 0 Å². The zero-order valence-electron chi connectivity index (χ0n) is 15.8. The second kappa shape index (κ2) is 9.47. The number of nitrogens with one attached hydrogen (secondary N) is 1. The van der Waals surface area contributed by atoms with Gasteiger partial charge in [0.05, 0.1) is 27.8 Å². The molecule has 1 N–H and O–H groups in total. The van der Waals surface area contributed by atoms with Crippen LogP contribution in [0.5, 0.6) is 17.2 Å². The lowest BCUT2D eigenvalue weighted by molar-refractivity contribution is -0.146. The monoisotopic (exact) mass is 373 g/mol. The van der Waals surface area contributed by atoms with Crippen molar-refractivity contribution in [3.8, 4) is 17.2 Å². The van der Waals surface area contributed by atoms with Gasteiger partial charge in [-0.2, -0.15) is 0 Å². The zero-order valence-corrected chi connectivity index (χ0v) is 15.8. The summed E-state index contributed by atoms with van der Waals surface area (Å²) in [6, 6.07) is 10.7. The Kier molecular flexibility index (Phi) is 7.05. The van der Waals surface area contributed by atoms with Gasteiger partial charge in [-0.1, -0.05) is 18.2 Å². The quantitative estimate of drug-likeness (QED) is 0.717. The van der Waals surface area contributed by atoms with Gasteiger partial charge in [0.25, 0.3) is 5.91 Å². The Balaban J connectivity index is 1.95. The maximum absolute atomic E-state index is 12.1. The van der Waals surface area contributed by atoms with E-state index < -0.39 is 11.9 Å². The van der Waals surface area contributed by atoms with Crippen LogP contribution in [0.15, 0.2) is 36.4 Å².